The monoisotopic (exact) mass is 780 g/mol. The molecule has 300 valence electrons. The van der Waals surface area contributed by atoms with Crippen LogP contribution in [0.1, 0.15) is 32.6 Å². The largest absolute Gasteiger partial charge is 0.480 e. The number of fused-ring (bicyclic) bond motifs is 1. The summed E-state index contributed by atoms with van der Waals surface area (Å²) in [5.74, 6) is -5.29. The molecule has 1 saturated heterocycles. The number of nitrogens with two attached hydrogens (primary N) is 1. The van der Waals surface area contributed by atoms with Crippen molar-refractivity contribution in [3.63, 3.8) is 0 Å². The molecule has 0 spiro atoms. The second-order valence-corrected chi connectivity index (χ2v) is 12.9. The maximum absolute atomic E-state index is 13.4. The molecule has 0 unspecified atom stereocenters. The Balaban J connectivity index is 1.38. The molecule has 2 aromatic carbocycles. The predicted octanol–water partition coefficient (Wildman–Crippen LogP) is 0.0752. The molecule has 1 fully saturated rings. The van der Waals surface area contributed by atoms with Gasteiger partial charge in [-0.05, 0) is 24.5 Å². The third-order valence-corrected chi connectivity index (χ3v) is 8.80. The van der Waals surface area contributed by atoms with Crippen LogP contribution in [-0.2, 0) is 43.0 Å². The maximum Gasteiger partial charge on any atom is 0.329 e. The maximum atomic E-state index is 13.4. The summed E-state index contributed by atoms with van der Waals surface area (Å²) >= 11 is 0. The first-order chi connectivity index (χ1) is 26.8. The van der Waals surface area contributed by atoms with Gasteiger partial charge in [-0.1, -0.05) is 42.5 Å². The van der Waals surface area contributed by atoms with Gasteiger partial charge in [0.2, 0.25) is 24.5 Å². The second-order valence-electron chi connectivity index (χ2n) is 12.9. The Kier molecular flexibility index (Phi) is 15.4. The molecule has 19 nitrogen and oxygen atoms in total. The molecule has 0 bridgehead atoms. The third kappa shape index (κ3) is 12.4. The Labute approximate surface area is 320 Å². The van der Waals surface area contributed by atoms with Crippen LogP contribution in [0.25, 0.3) is 22.1 Å². The zero-order valence-corrected chi connectivity index (χ0v) is 30.8. The summed E-state index contributed by atoms with van der Waals surface area (Å²) in [7, 11) is 0. The molecule has 0 saturated carbocycles. The number of carbonyl (C=O) groups is 6. The Morgan fingerprint density at radius 2 is 1.64 bits per heavy atom. The number of amides is 3. The van der Waals surface area contributed by atoms with Gasteiger partial charge in [0, 0.05) is 25.5 Å². The van der Waals surface area contributed by atoms with Crippen LogP contribution in [0.5, 0.6) is 0 Å². The van der Waals surface area contributed by atoms with E-state index in [1.54, 1.807) is 12.1 Å². The highest BCUT2D eigenvalue weighted by molar-refractivity contribution is 5.93. The Bertz CT molecular complexity index is 1960. The first kappa shape index (κ1) is 42.4. The minimum atomic E-state index is -1.56. The van der Waals surface area contributed by atoms with Crippen LogP contribution < -0.4 is 36.9 Å². The Morgan fingerprint density at radius 1 is 0.929 bits per heavy atom. The quantitative estimate of drug-likeness (QED) is 0.0279. The highest BCUT2D eigenvalue weighted by atomic mass is 16.6. The molecule has 2 heterocycles. The van der Waals surface area contributed by atoms with Crippen LogP contribution in [-0.4, -0.2) is 112 Å². The van der Waals surface area contributed by atoms with E-state index in [-0.39, 0.29) is 54.8 Å². The molecule has 1 aliphatic heterocycles. The van der Waals surface area contributed by atoms with E-state index in [1.807, 2.05) is 36.4 Å². The minimum absolute atomic E-state index is 0.0205. The number of nitrogens with one attached hydrogen (secondary N) is 5. The molecule has 3 aromatic rings. The van der Waals surface area contributed by atoms with Crippen LogP contribution in [0.4, 0.5) is 5.88 Å². The summed E-state index contributed by atoms with van der Waals surface area (Å²) in [6.45, 7) is 1.06. The Morgan fingerprint density at radius 3 is 2.32 bits per heavy atom. The van der Waals surface area contributed by atoms with Gasteiger partial charge in [0.15, 0.2) is 23.0 Å². The van der Waals surface area contributed by atoms with Gasteiger partial charge in [0.05, 0.1) is 37.6 Å². The van der Waals surface area contributed by atoms with E-state index in [4.69, 9.17) is 25.0 Å². The van der Waals surface area contributed by atoms with Crippen molar-refractivity contribution in [1.82, 2.24) is 25.8 Å². The van der Waals surface area contributed by atoms with Crippen LogP contribution in [0, 0.1) is 5.41 Å². The number of nitrogens with zero attached hydrogens (tertiary/aromatic N) is 1. The number of aliphatic carboxylic acids is 1. The van der Waals surface area contributed by atoms with Crippen molar-refractivity contribution >= 4 is 58.4 Å². The lowest BCUT2D eigenvalue weighted by Gasteiger charge is -2.37. The normalized spacial score (nSPS) is 14.4. The van der Waals surface area contributed by atoms with Crippen molar-refractivity contribution in [3.8, 4) is 11.1 Å². The highest BCUT2D eigenvalue weighted by Crippen LogP contribution is 2.33. The first-order valence-corrected chi connectivity index (χ1v) is 17.8. The van der Waals surface area contributed by atoms with E-state index < -0.39 is 60.9 Å². The van der Waals surface area contributed by atoms with Crippen molar-refractivity contribution in [2.24, 2.45) is 5.73 Å². The number of esters is 2. The summed E-state index contributed by atoms with van der Waals surface area (Å²) in [4.78, 5) is 87.2. The van der Waals surface area contributed by atoms with Gasteiger partial charge in [0.1, 0.15) is 25.7 Å². The van der Waals surface area contributed by atoms with E-state index in [0.29, 0.717) is 43.2 Å². The van der Waals surface area contributed by atoms with E-state index >= 15 is 0 Å². The molecule has 1 aromatic heterocycles. The molecule has 2 atom stereocenters. The van der Waals surface area contributed by atoms with Crippen LogP contribution in [0.15, 0.2) is 63.8 Å². The average molecular weight is 781 g/mol. The van der Waals surface area contributed by atoms with Crippen molar-refractivity contribution < 1.29 is 52.5 Å². The molecular formula is C37H46N7O12+. The summed E-state index contributed by atoms with van der Waals surface area (Å²) < 4.78 is 22.3. The summed E-state index contributed by atoms with van der Waals surface area (Å²) in [5.41, 5.74) is 7.03. The molecule has 8 N–H and O–H groups in total. The lowest BCUT2D eigenvalue weighted by atomic mass is 10.0. The molecule has 1 aliphatic rings. The fourth-order valence-corrected chi connectivity index (χ4v) is 5.81. The molecule has 3 amide bonds. The van der Waals surface area contributed by atoms with Gasteiger partial charge in [-0.25, -0.2) is 9.28 Å². The zero-order chi connectivity index (χ0) is 40.7. The molecule has 56 heavy (non-hydrogen) atoms. The zero-order valence-electron chi connectivity index (χ0n) is 30.8. The molecule has 4 rings (SSSR count). The van der Waals surface area contributed by atoms with Gasteiger partial charge in [-0.3, -0.25) is 34.2 Å². The van der Waals surface area contributed by atoms with Crippen LogP contribution in [0.3, 0.4) is 0 Å². The van der Waals surface area contributed by atoms with E-state index in [1.165, 1.54) is 6.07 Å². The number of guanidine groups is 1. The minimum Gasteiger partial charge on any atom is -0.480 e. The van der Waals surface area contributed by atoms with Crippen molar-refractivity contribution in [3.05, 3.63) is 64.8 Å². The fourth-order valence-electron chi connectivity index (χ4n) is 5.81. The number of benzene rings is 2. The predicted molar refractivity (Wildman–Crippen MR) is 201 cm³/mol. The smallest absolute Gasteiger partial charge is 0.329 e. The molecule has 19 heteroatoms. The SMILES string of the molecule is CC(=O)OC[C@H](NC(=O)CNC(=O)[C@H](CCCNC(=N)N)NC(=O)CCC(=O)OC[N+]1(c2cc(=O)c3cccc(-c4ccccc4)c3o2)CCOCC1)C(=O)O. The molecular weight excluding hydrogens is 734 g/mol. The van der Waals surface area contributed by atoms with Crippen molar-refractivity contribution in [1.29, 1.82) is 5.41 Å². The first-order valence-electron chi connectivity index (χ1n) is 17.8. The molecule has 0 radical (unpaired) electrons. The van der Waals surface area contributed by atoms with Crippen molar-refractivity contribution in [2.75, 3.05) is 52.7 Å². The summed E-state index contributed by atoms with van der Waals surface area (Å²) in [5, 5.41) is 26.5. The number of hydrogen-bond acceptors (Lipinski definition) is 12. The number of carbonyl (C=O) groups excluding carboxylic acids is 5. The highest BCUT2D eigenvalue weighted by Gasteiger charge is 2.38. The van der Waals surface area contributed by atoms with E-state index in [2.05, 4.69) is 26.0 Å². The fraction of sp³-hybridized carbons (Fsp3) is 0.405. The average Bonchev–Trinajstić information content (AvgIpc) is 3.18. The van der Waals surface area contributed by atoms with Gasteiger partial charge in [-0.2, -0.15) is 0 Å². The molecule has 0 aliphatic carbocycles. The number of carboxylic acids is 1. The summed E-state index contributed by atoms with van der Waals surface area (Å²) in [6, 6.07) is 13.5. The number of quaternary nitrogens is 1. The van der Waals surface area contributed by atoms with Crippen LogP contribution >= 0.6 is 0 Å². The van der Waals surface area contributed by atoms with Gasteiger partial charge >= 0.3 is 23.8 Å². The van der Waals surface area contributed by atoms with Crippen molar-refractivity contribution in [2.45, 2.75) is 44.7 Å². The standard InChI is InChI=1S/C37H45N7O12/c1-23(45)54-21-28(36(51)52)43-31(48)20-41-35(50)27(11-6-14-40-37(38)39)42-30(47)12-13-33(49)55-22-44(15-17-53-18-16-44)32-19-29(46)26-10-5-9-25(34(26)56-32)24-7-3-2-4-8-24/h2-5,7-10,19,27-28H,6,11-18,20-22H2,1H3,(H7-,38,39,40,41,42,43,47,48,50,51,52)/p+1/t27-,28-/m0/s1. The number of carboxylic acid groups (broad SMARTS) is 1. The van der Waals surface area contributed by atoms with E-state index in [9.17, 15) is 38.7 Å². The lowest BCUT2D eigenvalue weighted by molar-refractivity contribution is -0.151. The summed E-state index contributed by atoms with van der Waals surface area (Å²) in [6.07, 6.45) is -0.417. The number of rotatable bonds is 19. The third-order valence-electron chi connectivity index (χ3n) is 8.80. The second kappa shape index (κ2) is 20.4. The van der Waals surface area contributed by atoms with Crippen LogP contribution in [0.2, 0.25) is 0 Å². The van der Waals surface area contributed by atoms with E-state index in [0.717, 1.165) is 18.1 Å². The lowest BCUT2D eigenvalue weighted by Crippen LogP contribution is -2.58. The van der Waals surface area contributed by atoms with Gasteiger partial charge < -0.3 is 50.7 Å². The van der Waals surface area contributed by atoms with Gasteiger partial charge in [0.25, 0.3) is 0 Å². The topological polar surface area (TPSA) is 279 Å². The number of morpholine rings is 1. The Hall–Kier alpha value is -6.34. The number of hydrogen-bond donors (Lipinski definition) is 7. The number of ether oxygens (including phenoxy) is 3. The van der Waals surface area contributed by atoms with Gasteiger partial charge in [-0.15, -0.1) is 0 Å². The number of para-hydroxylation sites is 1.